The first-order valence-electron chi connectivity index (χ1n) is 5.07. The molecule has 1 aromatic carbocycles. The smallest absolute Gasteiger partial charge is 0.321 e. The molecule has 0 aliphatic carbocycles. The number of aliphatic carboxylic acids is 1. The Hall–Kier alpha value is -1.89. The predicted molar refractivity (Wildman–Crippen MR) is 64.7 cm³/mol. The van der Waals surface area contributed by atoms with E-state index in [0.717, 1.165) is 6.92 Å². The van der Waals surface area contributed by atoms with E-state index in [9.17, 15) is 18.0 Å². The molecule has 0 aliphatic rings. The predicted octanol–water partition coefficient (Wildman–Crippen LogP) is 0.173. The summed E-state index contributed by atoms with van der Waals surface area (Å²) in [5, 5.41) is 7.21. The Bertz CT molecular complexity index is 562. The highest BCUT2D eigenvalue weighted by atomic mass is 32.2. The van der Waals surface area contributed by atoms with Crippen molar-refractivity contribution in [2.24, 2.45) is 5.73 Å². The van der Waals surface area contributed by atoms with Crippen molar-refractivity contribution in [3.05, 3.63) is 35.4 Å². The van der Waals surface area contributed by atoms with Crippen molar-refractivity contribution in [1.82, 2.24) is 0 Å². The molecular formula is C11H13NO5S. The Morgan fingerprint density at radius 1 is 1.28 bits per heavy atom. The number of carbonyl (C=O) groups is 2. The summed E-state index contributed by atoms with van der Waals surface area (Å²) in [6.45, 7) is 1.12. The Morgan fingerprint density at radius 3 is 2.17 bits per heavy atom. The van der Waals surface area contributed by atoms with Crippen molar-refractivity contribution in [1.29, 1.82) is 0 Å². The van der Waals surface area contributed by atoms with Gasteiger partial charge in [-0.3, -0.25) is 9.59 Å². The van der Waals surface area contributed by atoms with Crippen LogP contribution in [0, 0.1) is 0 Å². The number of hydrogen-bond donors (Lipinski definition) is 2. The van der Waals surface area contributed by atoms with Gasteiger partial charge in [-0.05, 0) is 24.6 Å². The molecule has 0 fully saturated rings. The molecule has 0 bridgehead atoms. The summed E-state index contributed by atoms with van der Waals surface area (Å²) in [5.41, 5.74) is 5.72. The monoisotopic (exact) mass is 271 g/mol. The van der Waals surface area contributed by atoms with Gasteiger partial charge in [0.15, 0.2) is 15.1 Å². The third-order valence-corrected chi connectivity index (χ3v) is 4.51. The van der Waals surface area contributed by atoms with Crippen molar-refractivity contribution >= 4 is 21.7 Å². The van der Waals surface area contributed by atoms with E-state index in [1.54, 1.807) is 0 Å². The zero-order valence-electron chi connectivity index (χ0n) is 9.66. The van der Waals surface area contributed by atoms with Crippen molar-refractivity contribution in [2.75, 3.05) is 0 Å². The summed E-state index contributed by atoms with van der Waals surface area (Å²) < 4.78 is 23.4. The number of carboxylic acid groups (broad SMARTS) is 1. The highest BCUT2D eigenvalue weighted by molar-refractivity contribution is 7.91. The van der Waals surface area contributed by atoms with Crippen molar-refractivity contribution < 1.29 is 23.1 Å². The van der Waals surface area contributed by atoms with E-state index in [4.69, 9.17) is 10.8 Å². The van der Waals surface area contributed by atoms with Crippen LogP contribution in [-0.2, 0) is 20.4 Å². The van der Waals surface area contributed by atoms with Gasteiger partial charge in [0.25, 0.3) is 0 Å². The molecule has 0 saturated heterocycles. The minimum absolute atomic E-state index is 0.266. The number of benzene rings is 1. The second kappa shape index (κ2) is 5.18. The molecule has 0 saturated carbocycles. The summed E-state index contributed by atoms with van der Waals surface area (Å²) in [7, 11) is -3.76. The van der Waals surface area contributed by atoms with Gasteiger partial charge in [0, 0.05) is 5.56 Å². The number of carbonyl (C=O) groups excluding carboxylic acids is 1. The van der Waals surface area contributed by atoms with Crippen LogP contribution in [0.4, 0.5) is 0 Å². The van der Waals surface area contributed by atoms with Gasteiger partial charge in [0.05, 0.1) is 5.75 Å². The lowest BCUT2D eigenvalue weighted by atomic mass is 10.1. The van der Waals surface area contributed by atoms with E-state index in [1.807, 2.05) is 0 Å². The first-order valence-corrected chi connectivity index (χ1v) is 6.78. The van der Waals surface area contributed by atoms with Gasteiger partial charge >= 0.3 is 5.97 Å². The van der Waals surface area contributed by atoms with Crippen LogP contribution in [0.25, 0.3) is 0 Å². The molecule has 1 rings (SSSR count). The summed E-state index contributed by atoms with van der Waals surface area (Å²) in [6.07, 6.45) is 0. The molecule has 6 nitrogen and oxygen atoms in total. The fourth-order valence-corrected chi connectivity index (χ4v) is 2.49. The first kappa shape index (κ1) is 14.2. The molecule has 1 atom stereocenters. The van der Waals surface area contributed by atoms with E-state index in [0.29, 0.717) is 5.56 Å². The van der Waals surface area contributed by atoms with E-state index >= 15 is 0 Å². The van der Waals surface area contributed by atoms with Gasteiger partial charge in [-0.1, -0.05) is 12.1 Å². The second-order valence-corrected chi connectivity index (χ2v) is 6.17. The third-order valence-electron chi connectivity index (χ3n) is 2.49. The molecule has 0 aromatic heterocycles. The van der Waals surface area contributed by atoms with Crippen molar-refractivity contribution in [3.63, 3.8) is 0 Å². The quantitative estimate of drug-likeness (QED) is 0.792. The number of hydrogen-bond acceptors (Lipinski definition) is 4. The summed E-state index contributed by atoms with van der Waals surface area (Å²) in [5.74, 6) is -2.38. The van der Waals surface area contributed by atoms with Gasteiger partial charge < -0.3 is 10.8 Å². The number of sulfone groups is 1. The molecule has 0 spiro atoms. The maximum absolute atomic E-state index is 11.7. The molecule has 1 unspecified atom stereocenters. The molecule has 1 amide bonds. The zero-order valence-corrected chi connectivity index (χ0v) is 10.5. The van der Waals surface area contributed by atoms with Crippen LogP contribution in [0.15, 0.2) is 24.3 Å². The molecule has 3 N–H and O–H groups in total. The Balaban J connectivity index is 2.92. The van der Waals surface area contributed by atoms with E-state index < -0.39 is 27.0 Å². The number of primary amides is 1. The van der Waals surface area contributed by atoms with Gasteiger partial charge in [-0.15, -0.1) is 0 Å². The Morgan fingerprint density at radius 2 is 1.78 bits per heavy atom. The van der Waals surface area contributed by atoms with Gasteiger partial charge in [-0.25, -0.2) is 8.42 Å². The molecule has 18 heavy (non-hydrogen) atoms. The minimum Gasteiger partial charge on any atom is -0.480 e. The van der Waals surface area contributed by atoms with Crippen molar-refractivity contribution in [2.45, 2.75) is 17.9 Å². The summed E-state index contributed by atoms with van der Waals surface area (Å²) >= 11 is 0. The fourth-order valence-electron chi connectivity index (χ4n) is 1.28. The fraction of sp³-hybridized carbons (Fsp3) is 0.273. The average Bonchev–Trinajstić information content (AvgIpc) is 2.28. The van der Waals surface area contributed by atoms with Crippen LogP contribution in [0.3, 0.4) is 0 Å². The topological polar surface area (TPSA) is 115 Å². The molecule has 0 heterocycles. The van der Waals surface area contributed by atoms with E-state index in [2.05, 4.69) is 0 Å². The lowest BCUT2D eigenvalue weighted by Crippen LogP contribution is -2.28. The molecule has 0 aliphatic heterocycles. The lowest BCUT2D eigenvalue weighted by Gasteiger charge is -2.08. The minimum atomic E-state index is -3.76. The maximum atomic E-state index is 11.7. The van der Waals surface area contributed by atoms with E-state index in [-0.39, 0.29) is 11.3 Å². The normalized spacial score (nSPS) is 12.9. The van der Waals surface area contributed by atoms with Gasteiger partial charge in [0.1, 0.15) is 0 Å². The van der Waals surface area contributed by atoms with Crippen LogP contribution in [-0.4, -0.2) is 30.7 Å². The highest BCUT2D eigenvalue weighted by Gasteiger charge is 2.27. The van der Waals surface area contributed by atoms with Crippen LogP contribution < -0.4 is 5.73 Å². The Labute approximate surface area is 104 Å². The number of rotatable bonds is 5. The average molecular weight is 271 g/mol. The molecular weight excluding hydrogens is 258 g/mol. The number of amides is 1. The highest BCUT2D eigenvalue weighted by Crippen LogP contribution is 2.12. The Kier molecular flexibility index (Phi) is 4.07. The second-order valence-electron chi connectivity index (χ2n) is 3.85. The lowest BCUT2D eigenvalue weighted by molar-refractivity contribution is -0.136. The van der Waals surface area contributed by atoms with Crippen LogP contribution >= 0.6 is 0 Å². The van der Waals surface area contributed by atoms with Crippen LogP contribution in [0.5, 0.6) is 0 Å². The summed E-state index contributed by atoms with van der Waals surface area (Å²) in [4.78, 5) is 21.5. The molecule has 7 heteroatoms. The number of carboxylic acids is 1. The summed E-state index contributed by atoms with van der Waals surface area (Å²) in [6, 6.07) is 5.68. The van der Waals surface area contributed by atoms with Crippen LogP contribution in [0.2, 0.25) is 0 Å². The zero-order chi connectivity index (χ0) is 13.9. The molecule has 0 radical (unpaired) electrons. The van der Waals surface area contributed by atoms with Gasteiger partial charge in [-0.2, -0.15) is 0 Å². The maximum Gasteiger partial charge on any atom is 0.321 e. The van der Waals surface area contributed by atoms with E-state index in [1.165, 1.54) is 24.3 Å². The first-order chi connectivity index (χ1) is 8.24. The van der Waals surface area contributed by atoms with Crippen LogP contribution in [0.1, 0.15) is 22.8 Å². The number of nitrogens with two attached hydrogens (primary N) is 1. The molecule has 1 aromatic rings. The van der Waals surface area contributed by atoms with Gasteiger partial charge in [0.2, 0.25) is 5.91 Å². The molecule has 98 valence electrons. The van der Waals surface area contributed by atoms with Crippen molar-refractivity contribution in [3.8, 4) is 0 Å². The standard InChI is InChI=1S/C11H13NO5S/c1-7(11(14)15)18(16,17)6-8-2-4-9(5-3-8)10(12)13/h2-5,7H,6H2,1H3,(H2,12,13)(H,14,15). The third kappa shape index (κ3) is 3.30. The SMILES string of the molecule is CC(C(=O)O)S(=O)(=O)Cc1ccc(C(N)=O)cc1. The largest absolute Gasteiger partial charge is 0.480 e.